The monoisotopic (exact) mass is 518 g/mol. The summed E-state index contributed by atoms with van der Waals surface area (Å²) in [5.41, 5.74) is 6.87. The van der Waals surface area contributed by atoms with E-state index in [1.165, 1.54) is 34.4 Å². The lowest BCUT2D eigenvalue weighted by Crippen LogP contribution is -2.33. The minimum atomic E-state index is -0.947. The third-order valence-electron chi connectivity index (χ3n) is 7.44. The number of ether oxygens (including phenoxy) is 1. The summed E-state index contributed by atoms with van der Waals surface area (Å²) in [5.74, 6) is -1.48. The van der Waals surface area contributed by atoms with Crippen LogP contribution in [0.1, 0.15) is 53.3 Å². The van der Waals surface area contributed by atoms with Crippen LogP contribution in [0.2, 0.25) is 0 Å². The summed E-state index contributed by atoms with van der Waals surface area (Å²) in [6.45, 7) is 4.74. The number of aryl methyl sites for hydroxylation is 2. The maximum Gasteiger partial charge on any atom is 0.248 e. The number of fused-ring (bicyclic) bond motifs is 2. The molecule has 7 heteroatoms. The Hall–Kier alpha value is -3.55. The summed E-state index contributed by atoms with van der Waals surface area (Å²) in [5, 5.41) is 15.3. The maximum absolute atomic E-state index is 13.6. The summed E-state index contributed by atoms with van der Waals surface area (Å²) in [4.78, 5) is 14.9. The molecule has 1 aliphatic rings. The van der Waals surface area contributed by atoms with Crippen molar-refractivity contribution in [2.75, 3.05) is 6.54 Å². The Bertz CT molecular complexity index is 1500. The number of aliphatic hydroxyl groups excluding tert-OH is 1. The number of rotatable bonds is 9. The van der Waals surface area contributed by atoms with E-state index in [-0.39, 0.29) is 18.2 Å². The molecule has 0 saturated carbocycles. The molecule has 3 N–H and O–H groups in total. The Morgan fingerprint density at radius 2 is 1.68 bits per heavy atom. The van der Waals surface area contributed by atoms with E-state index in [9.17, 15) is 18.7 Å². The molecule has 1 atom stereocenters. The van der Waals surface area contributed by atoms with Gasteiger partial charge in [0.05, 0.1) is 11.6 Å². The lowest BCUT2D eigenvalue weighted by molar-refractivity contribution is 0.171. The second-order valence-electron chi connectivity index (χ2n) is 9.93. The molecule has 3 aromatic carbocycles. The van der Waals surface area contributed by atoms with E-state index < -0.39 is 17.7 Å². The first kappa shape index (κ1) is 26.1. The van der Waals surface area contributed by atoms with Gasteiger partial charge < -0.3 is 20.1 Å². The molecule has 0 spiro atoms. The molecular formula is C31H32F2N2O3. The minimum Gasteiger partial charge on any atom is -0.487 e. The molecule has 0 amide bonds. The van der Waals surface area contributed by atoms with Gasteiger partial charge in [0.25, 0.3) is 0 Å². The fraction of sp³-hybridized carbons (Fsp3) is 0.323. The number of H-pyrrole nitrogens is 1. The number of nitrogens with one attached hydrogen (secondary N) is 2. The first-order valence-electron chi connectivity index (χ1n) is 13.1. The van der Waals surface area contributed by atoms with Gasteiger partial charge in [-0.2, -0.15) is 0 Å². The van der Waals surface area contributed by atoms with Crippen LogP contribution in [0.5, 0.6) is 5.75 Å². The molecule has 0 aliphatic heterocycles. The molecule has 1 unspecified atom stereocenters. The van der Waals surface area contributed by atoms with Crippen LogP contribution < -0.4 is 15.6 Å². The van der Waals surface area contributed by atoms with E-state index >= 15 is 0 Å². The Labute approximate surface area is 220 Å². The van der Waals surface area contributed by atoms with E-state index in [1.807, 2.05) is 0 Å². The number of hydrogen-bond acceptors (Lipinski definition) is 4. The smallest absolute Gasteiger partial charge is 0.248 e. The van der Waals surface area contributed by atoms with Crippen molar-refractivity contribution < 1.29 is 18.6 Å². The predicted molar refractivity (Wildman–Crippen MR) is 145 cm³/mol. The van der Waals surface area contributed by atoms with Crippen LogP contribution in [0, 0.1) is 11.6 Å². The van der Waals surface area contributed by atoms with Crippen LogP contribution in [0.4, 0.5) is 8.78 Å². The summed E-state index contributed by atoms with van der Waals surface area (Å²) >= 11 is 0. The molecular weight excluding hydrogens is 486 g/mol. The highest BCUT2D eigenvalue weighted by Crippen LogP contribution is 2.31. The van der Waals surface area contributed by atoms with E-state index in [2.05, 4.69) is 36.3 Å². The van der Waals surface area contributed by atoms with Gasteiger partial charge in [-0.3, -0.25) is 4.79 Å². The molecule has 0 fully saturated rings. The Kier molecular flexibility index (Phi) is 7.58. The number of pyridine rings is 1. The summed E-state index contributed by atoms with van der Waals surface area (Å²) < 4.78 is 32.7. The van der Waals surface area contributed by atoms with E-state index in [0.717, 1.165) is 37.8 Å². The minimum absolute atomic E-state index is 0.00554. The zero-order valence-corrected chi connectivity index (χ0v) is 21.6. The van der Waals surface area contributed by atoms with Gasteiger partial charge >= 0.3 is 0 Å². The molecule has 0 radical (unpaired) electrons. The zero-order valence-electron chi connectivity index (χ0n) is 21.6. The first-order chi connectivity index (χ1) is 18.4. The van der Waals surface area contributed by atoms with Gasteiger partial charge in [-0.15, -0.1) is 0 Å². The van der Waals surface area contributed by atoms with Crippen molar-refractivity contribution in [1.82, 2.24) is 10.3 Å². The first-order valence-corrected chi connectivity index (χ1v) is 13.1. The van der Waals surface area contributed by atoms with Gasteiger partial charge in [-0.05, 0) is 83.3 Å². The average Bonchev–Trinajstić information content (AvgIpc) is 3.33. The number of hydrogen-bond donors (Lipinski definition) is 3. The molecule has 5 rings (SSSR count). The average molecular weight is 519 g/mol. The molecule has 0 bridgehead atoms. The molecule has 5 nitrogen and oxygen atoms in total. The number of aliphatic hydroxyl groups is 1. The standard InChI is InChI=1S/C31H32F2N2O3/c1-3-19-12-21-14-23(15-22(21)13-20(19)4-2)34-16-28(36)24-6-9-29(31-25(24)7-10-30(37)35-31)38-17-18-5-8-26(32)27(33)11-18/h5-13,23,28,34,36H,3-4,14-17H2,1-2H3,(H,35,37). The van der Waals surface area contributed by atoms with Gasteiger partial charge in [-0.25, -0.2) is 8.78 Å². The van der Waals surface area contributed by atoms with Crippen LogP contribution in [-0.4, -0.2) is 22.7 Å². The Morgan fingerprint density at radius 3 is 2.34 bits per heavy atom. The normalized spacial score (nSPS) is 14.1. The van der Waals surface area contributed by atoms with Crippen LogP contribution in [0.3, 0.4) is 0 Å². The summed E-state index contributed by atoms with van der Waals surface area (Å²) in [6, 6.07) is 15.0. The SMILES string of the molecule is CCc1cc2c(cc1CC)CC(NCC(O)c1ccc(OCc3ccc(F)c(F)c3)c3[nH]c(=O)ccc13)C2. The van der Waals surface area contributed by atoms with Crippen molar-refractivity contribution in [3.05, 3.63) is 110 Å². The third kappa shape index (κ3) is 5.35. The highest BCUT2D eigenvalue weighted by molar-refractivity contribution is 5.87. The van der Waals surface area contributed by atoms with Crippen LogP contribution >= 0.6 is 0 Å². The van der Waals surface area contributed by atoms with Crippen molar-refractivity contribution in [3.63, 3.8) is 0 Å². The highest BCUT2D eigenvalue weighted by atomic mass is 19.2. The zero-order chi connectivity index (χ0) is 26.8. The van der Waals surface area contributed by atoms with Crippen LogP contribution in [0.15, 0.2) is 59.4 Å². The van der Waals surface area contributed by atoms with Gasteiger partial charge in [0.15, 0.2) is 11.6 Å². The van der Waals surface area contributed by atoms with Crippen LogP contribution in [-0.2, 0) is 32.3 Å². The maximum atomic E-state index is 13.6. The number of benzene rings is 3. The Balaban J connectivity index is 1.30. The fourth-order valence-electron chi connectivity index (χ4n) is 5.41. The van der Waals surface area contributed by atoms with Gasteiger partial charge in [0.1, 0.15) is 12.4 Å². The van der Waals surface area contributed by atoms with E-state index in [1.54, 1.807) is 18.2 Å². The lowest BCUT2D eigenvalue weighted by Gasteiger charge is -2.19. The molecule has 198 valence electrons. The summed E-state index contributed by atoms with van der Waals surface area (Å²) in [6.07, 6.45) is 3.13. The topological polar surface area (TPSA) is 74.3 Å². The molecule has 4 aromatic rings. The largest absolute Gasteiger partial charge is 0.487 e. The van der Waals surface area contributed by atoms with Crippen molar-refractivity contribution in [3.8, 4) is 5.75 Å². The molecule has 1 heterocycles. The predicted octanol–water partition coefficient (Wildman–Crippen LogP) is 5.30. The lowest BCUT2D eigenvalue weighted by atomic mass is 9.97. The second-order valence-corrected chi connectivity index (χ2v) is 9.93. The number of aromatic nitrogens is 1. The Morgan fingerprint density at radius 1 is 0.974 bits per heavy atom. The van der Waals surface area contributed by atoms with Gasteiger partial charge in [-0.1, -0.05) is 38.1 Å². The fourth-order valence-corrected chi connectivity index (χ4v) is 5.41. The van der Waals surface area contributed by atoms with E-state index in [0.29, 0.717) is 34.3 Å². The quantitative estimate of drug-likeness (QED) is 0.281. The third-order valence-corrected chi connectivity index (χ3v) is 7.44. The van der Waals surface area contributed by atoms with Crippen molar-refractivity contribution in [1.29, 1.82) is 0 Å². The highest BCUT2D eigenvalue weighted by Gasteiger charge is 2.24. The number of halogens is 2. The number of aromatic amines is 1. The molecule has 1 aliphatic carbocycles. The molecule has 0 saturated heterocycles. The van der Waals surface area contributed by atoms with E-state index in [4.69, 9.17) is 4.74 Å². The summed E-state index contributed by atoms with van der Waals surface area (Å²) in [7, 11) is 0. The van der Waals surface area contributed by atoms with Crippen molar-refractivity contribution in [2.45, 2.75) is 58.3 Å². The van der Waals surface area contributed by atoms with Gasteiger partial charge in [0, 0.05) is 24.0 Å². The second kappa shape index (κ2) is 11.1. The molecule has 38 heavy (non-hydrogen) atoms. The van der Waals surface area contributed by atoms with Gasteiger partial charge in [0.2, 0.25) is 5.56 Å². The van der Waals surface area contributed by atoms with Crippen molar-refractivity contribution in [2.24, 2.45) is 0 Å². The molecule has 1 aromatic heterocycles. The van der Waals surface area contributed by atoms with Crippen molar-refractivity contribution >= 4 is 10.9 Å². The van der Waals surface area contributed by atoms with Crippen LogP contribution in [0.25, 0.3) is 10.9 Å².